The minimum absolute atomic E-state index is 2.75. The Morgan fingerprint density at radius 2 is 1.50 bits per heavy atom. The van der Waals surface area contributed by atoms with Gasteiger partial charge in [0.2, 0.25) is 0 Å². The van der Waals surface area contributed by atoms with Crippen LogP contribution in [0.25, 0.3) is 0 Å². The molecule has 64 valence electrons. The zero-order valence-corrected chi connectivity index (χ0v) is 8.25. The Hall–Kier alpha value is 0.577. The van der Waals surface area contributed by atoms with E-state index in [9.17, 15) is 10.2 Å². The summed E-state index contributed by atoms with van der Waals surface area (Å²) in [6.45, 7) is 0. The van der Waals surface area contributed by atoms with Gasteiger partial charge in [0.25, 0.3) is 0 Å². The van der Waals surface area contributed by atoms with Gasteiger partial charge < -0.3 is 0 Å². The van der Waals surface area contributed by atoms with Crippen LogP contribution in [0.2, 0.25) is 0 Å². The monoisotopic (exact) mass is 328 g/mol. The molecule has 0 bridgehead atoms. The standard InChI is InChI=1S/2Mo.4H2O.4O/h;;4*1H2;;;;/q+1;+3;;;;;;;;/p-4. The first-order valence-corrected chi connectivity index (χ1v) is 9.25. The van der Waals surface area contributed by atoms with Crippen molar-refractivity contribution < 1.29 is 60.3 Å². The third-order valence-electron chi connectivity index (χ3n) is 0.205. The van der Waals surface area contributed by atoms with Gasteiger partial charge >= 0.3 is 60.3 Å². The topological polar surface area (TPSA) is 141 Å². The van der Waals surface area contributed by atoms with Crippen LogP contribution >= 0.6 is 0 Å². The van der Waals surface area contributed by atoms with Gasteiger partial charge in [0.05, 0.1) is 0 Å². The molecule has 0 saturated heterocycles. The number of rotatable bonds is 2. The zero-order chi connectivity index (χ0) is 8.65. The van der Waals surface area contributed by atoms with Crippen LogP contribution in [0, 0.1) is 0 Å². The Morgan fingerprint density at radius 1 is 1.20 bits per heavy atom. The third-order valence-corrected chi connectivity index (χ3v) is 7.18. The second-order valence-corrected chi connectivity index (χ2v) is 9.41. The molecular weight excluding hydrogens is 320 g/mol. The van der Waals surface area contributed by atoms with Crippen LogP contribution in [0.5, 0.6) is 0 Å². The molecule has 0 fully saturated rings. The van der Waals surface area contributed by atoms with Gasteiger partial charge in [0.1, 0.15) is 0 Å². The average molecular weight is 324 g/mol. The fourth-order valence-corrected chi connectivity index (χ4v) is 5.27. The summed E-state index contributed by atoms with van der Waals surface area (Å²) in [7, 11) is 0. The van der Waals surface area contributed by atoms with Gasteiger partial charge in [-0.05, 0) is 0 Å². The molecule has 0 unspecified atom stereocenters. The summed E-state index contributed by atoms with van der Waals surface area (Å²) in [4.78, 5) is 0. The molecular formula is H4Mo2O8. The van der Waals surface area contributed by atoms with Crippen molar-refractivity contribution in [3.05, 3.63) is 0 Å². The van der Waals surface area contributed by atoms with Crippen molar-refractivity contribution in [3.8, 4) is 0 Å². The van der Waals surface area contributed by atoms with E-state index < -0.39 is 33.0 Å². The van der Waals surface area contributed by atoms with Crippen molar-refractivity contribution in [2.24, 2.45) is 0 Å². The molecule has 0 atom stereocenters. The van der Waals surface area contributed by atoms with E-state index in [1.54, 1.807) is 0 Å². The normalized spacial score (nSPS) is 17.8. The average Bonchev–Trinajstić information content (AvgIpc) is 1.09. The second-order valence-electron chi connectivity index (χ2n) is 1.26. The SMILES string of the molecule is [O]=[Mo](=[O])([OH])[O][Mo](=[O])([OH])([OH])[OH]. The van der Waals surface area contributed by atoms with E-state index in [-0.39, 0.29) is 0 Å². The Labute approximate surface area is 60.4 Å². The number of hydrogen-bond donors (Lipinski definition) is 4. The van der Waals surface area contributed by atoms with Crippen LogP contribution in [0.15, 0.2) is 0 Å². The Kier molecular flexibility index (Phi) is 2.41. The van der Waals surface area contributed by atoms with Gasteiger partial charge in [-0.15, -0.1) is 0 Å². The first-order valence-electron chi connectivity index (χ1n) is 1.56. The van der Waals surface area contributed by atoms with Crippen LogP contribution in [-0.2, 0) is 45.3 Å². The molecule has 10 heteroatoms. The summed E-state index contributed by atoms with van der Waals surface area (Å²) in [6, 6.07) is 0. The third kappa shape index (κ3) is 8.58. The van der Waals surface area contributed by atoms with E-state index in [1.807, 2.05) is 0 Å². The van der Waals surface area contributed by atoms with Gasteiger partial charge in [-0.3, -0.25) is 0 Å². The Bertz CT molecular complexity index is 261. The molecule has 8 nitrogen and oxygen atoms in total. The van der Waals surface area contributed by atoms with Crippen molar-refractivity contribution in [2.75, 3.05) is 0 Å². The predicted octanol–water partition coefficient (Wildman–Crippen LogP) is -2.66. The first kappa shape index (κ1) is 10.6. The molecule has 0 rings (SSSR count). The van der Waals surface area contributed by atoms with Crippen LogP contribution < -0.4 is 0 Å². The van der Waals surface area contributed by atoms with Crippen LogP contribution in [0.1, 0.15) is 0 Å². The molecule has 0 aromatic heterocycles. The van der Waals surface area contributed by atoms with Crippen LogP contribution in [0.4, 0.5) is 0 Å². The van der Waals surface area contributed by atoms with E-state index in [4.69, 9.17) is 15.0 Å². The molecule has 0 radical (unpaired) electrons. The fraction of sp³-hybridized carbons (Fsp3) is 0. The molecule has 4 N–H and O–H groups in total. The predicted molar refractivity (Wildman–Crippen MR) is 12.0 cm³/mol. The van der Waals surface area contributed by atoms with Crippen molar-refractivity contribution in [2.45, 2.75) is 0 Å². The number of hydrogen-bond acceptors (Lipinski definition) is 4. The van der Waals surface area contributed by atoms with E-state index in [0.717, 1.165) is 0 Å². The zero-order valence-electron chi connectivity index (χ0n) is 4.24. The molecule has 0 heterocycles. The molecule has 0 aliphatic heterocycles. The van der Waals surface area contributed by atoms with E-state index in [2.05, 4.69) is 2.04 Å². The Balaban J connectivity index is 4.67. The van der Waals surface area contributed by atoms with Crippen LogP contribution in [-0.4, -0.2) is 15.0 Å². The molecule has 0 spiro atoms. The summed E-state index contributed by atoms with van der Waals surface area (Å²) < 4.78 is 63.1. The van der Waals surface area contributed by atoms with Crippen molar-refractivity contribution >= 4 is 0 Å². The maximum atomic E-state index is 9.82. The molecule has 0 amide bonds. The summed E-state index contributed by atoms with van der Waals surface area (Å²) >= 11 is -13.8. The molecule has 0 aliphatic carbocycles. The first-order chi connectivity index (χ1) is 3.96. The quantitative estimate of drug-likeness (QED) is 0.403. The summed E-state index contributed by atoms with van der Waals surface area (Å²) in [5.74, 6) is 0. The maximum absolute atomic E-state index is 9.82. The van der Waals surface area contributed by atoms with Gasteiger partial charge in [-0.2, -0.15) is 0 Å². The van der Waals surface area contributed by atoms with Crippen LogP contribution in [0.3, 0.4) is 0 Å². The van der Waals surface area contributed by atoms with E-state index in [0.29, 0.717) is 0 Å². The summed E-state index contributed by atoms with van der Waals surface area (Å²) in [5.41, 5.74) is 0. The molecule has 0 aromatic carbocycles. The van der Waals surface area contributed by atoms with E-state index in [1.165, 1.54) is 0 Å². The van der Waals surface area contributed by atoms with E-state index >= 15 is 0 Å². The van der Waals surface area contributed by atoms with Crippen molar-refractivity contribution in [1.29, 1.82) is 0 Å². The van der Waals surface area contributed by atoms with Gasteiger partial charge in [0, 0.05) is 0 Å². The molecule has 0 aliphatic rings. The van der Waals surface area contributed by atoms with Crippen molar-refractivity contribution in [3.63, 3.8) is 0 Å². The Morgan fingerprint density at radius 3 is 1.50 bits per heavy atom. The minimum atomic E-state index is -7.43. The second kappa shape index (κ2) is 2.28. The fourth-order valence-electron chi connectivity index (χ4n) is 0.150. The molecule has 10 heavy (non-hydrogen) atoms. The summed E-state index contributed by atoms with van der Waals surface area (Å²) in [5, 5.41) is 0. The van der Waals surface area contributed by atoms with Gasteiger partial charge in [0.15, 0.2) is 0 Å². The molecule has 0 aromatic rings. The summed E-state index contributed by atoms with van der Waals surface area (Å²) in [6.07, 6.45) is 0. The van der Waals surface area contributed by atoms with Gasteiger partial charge in [-0.25, -0.2) is 0 Å². The van der Waals surface area contributed by atoms with Crippen molar-refractivity contribution in [1.82, 2.24) is 0 Å². The van der Waals surface area contributed by atoms with Gasteiger partial charge in [-0.1, -0.05) is 0 Å². The molecule has 0 saturated carbocycles.